The van der Waals surface area contributed by atoms with Crippen molar-refractivity contribution in [3.8, 4) is 0 Å². The van der Waals surface area contributed by atoms with Crippen LogP contribution < -0.4 is 20.0 Å². The molecule has 0 radical (unpaired) electrons. The van der Waals surface area contributed by atoms with Crippen molar-refractivity contribution in [2.75, 3.05) is 47.8 Å². The van der Waals surface area contributed by atoms with Crippen LogP contribution in [-0.4, -0.2) is 60.5 Å². The van der Waals surface area contributed by atoms with Gasteiger partial charge in [-0.3, -0.25) is 9.59 Å². The summed E-state index contributed by atoms with van der Waals surface area (Å²) in [4.78, 5) is 39.1. The molecule has 1 fully saturated rings. The van der Waals surface area contributed by atoms with Gasteiger partial charge in [0.25, 0.3) is 5.91 Å². The monoisotopic (exact) mass is 381 g/mol. The molecule has 2 aliphatic heterocycles. The molecule has 0 aliphatic carbocycles. The summed E-state index contributed by atoms with van der Waals surface area (Å²) in [5.74, 6) is 0.738. The molecule has 8 nitrogen and oxygen atoms in total. The summed E-state index contributed by atoms with van der Waals surface area (Å²) in [5.41, 5.74) is 1.48. The number of nitrogens with zero attached hydrogens (tertiary/aromatic N) is 4. The van der Waals surface area contributed by atoms with Crippen LogP contribution in [0.1, 0.15) is 13.3 Å². The van der Waals surface area contributed by atoms with Gasteiger partial charge in [0, 0.05) is 24.9 Å². The molecule has 2 amide bonds. The van der Waals surface area contributed by atoms with E-state index in [-0.39, 0.29) is 17.9 Å². The quantitative estimate of drug-likeness (QED) is 0.779. The number of hydrogen-bond acceptors (Lipinski definition) is 5. The van der Waals surface area contributed by atoms with Crippen LogP contribution in [0, 0.1) is 0 Å². The molecule has 3 heterocycles. The number of hydrogen-bond donors (Lipinski definition) is 2. The highest BCUT2D eigenvalue weighted by molar-refractivity contribution is 6.04. The van der Waals surface area contributed by atoms with E-state index in [0.717, 1.165) is 37.8 Å². The molecule has 0 spiro atoms. The van der Waals surface area contributed by atoms with Crippen molar-refractivity contribution in [1.29, 1.82) is 0 Å². The molecule has 146 valence electrons. The normalized spacial score (nSPS) is 20.3. The van der Waals surface area contributed by atoms with E-state index in [2.05, 4.69) is 20.2 Å². The summed E-state index contributed by atoms with van der Waals surface area (Å²) < 4.78 is 0. The number of quaternary nitrogens is 1. The average Bonchev–Trinajstić information content (AvgIpc) is 2.83. The topological polar surface area (TPSA) is 82.9 Å². The van der Waals surface area contributed by atoms with Gasteiger partial charge in [0.1, 0.15) is 0 Å². The predicted octanol–water partition coefficient (Wildman–Crippen LogP) is -0.0546. The summed E-state index contributed by atoms with van der Waals surface area (Å²) in [6.07, 6.45) is 3.80. The summed E-state index contributed by atoms with van der Waals surface area (Å²) in [6, 6.07) is 9.15. The Morgan fingerprint density at radius 3 is 2.64 bits per heavy atom. The van der Waals surface area contributed by atoms with Gasteiger partial charge in [-0.05, 0) is 25.1 Å². The number of nitrogens with one attached hydrogen (secondary N) is 2. The maximum atomic E-state index is 13.2. The summed E-state index contributed by atoms with van der Waals surface area (Å²) >= 11 is 0. The highest BCUT2D eigenvalue weighted by Crippen LogP contribution is 2.31. The number of aromatic nitrogens is 2. The molecule has 8 heteroatoms. The molecule has 1 saturated heterocycles. The van der Waals surface area contributed by atoms with Crippen molar-refractivity contribution in [3.63, 3.8) is 0 Å². The van der Waals surface area contributed by atoms with Crippen molar-refractivity contribution >= 4 is 29.1 Å². The molecule has 0 unspecified atom stereocenters. The van der Waals surface area contributed by atoms with Gasteiger partial charge >= 0.3 is 0 Å². The van der Waals surface area contributed by atoms with Gasteiger partial charge in [0.15, 0.2) is 6.54 Å². The standard InChI is InChI=1S/C20H24N6O2/c1-15-13-18(27)23-16-5-2-3-6-17(16)26(15)19(28)14-24-9-11-25(12-10-24)20-21-7-4-8-22-20/h2-8,15H,9-14H2,1H3,(H,23,27)/p+1/t15-/m0/s1. The maximum Gasteiger partial charge on any atom is 0.282 e. The van der Waals surface area contributed by atoms with Gasteiger partial charge < -0.3 is 20.0 Å². The van der Waals surface area contributed by atoms with E-state index < -0.39 is 0 Å². The third kappa shape index (κ3) is 3.82. The van der Waals surface area contributed by atoms with Crippen LogP contribution in [0.2, 0.25) is 0 Å². The second-order valence-corrected chi connectivity index (χ2v) is 7.34. The number of para-hydroxylation sites is 2. The summed E-state index contributed by atoms with van der Waals surface area (Å²) in [5, 5.41) is 2.91. The van der Waals surface area contributed by atoms with E-state index in [1.165, 1.54) is 4.90 Å². The minimum Gasteiger partial charge on any atom is -0.330 e. The summed E-state index contributed by atoms with van der Waals surface area (Å²) in [7, 11) is 0. The number of amides is 2. The van der Waals surface area contributed by atoms with Gasteiger partial charge in [0.05, 0.1) is 37.6 Å². The van der Waals surface area contributed by atoms with Crippen LogP contribution in [0.4, 0.5) is 17.3 Å². The number of rotatable bonds is 3. The minimum absolute atomic E-state index is 0.0517. The molecule has 1 aromatic carbocycles. The lowest BCUT2D eigenvalue weighted by Crippen LogP contribution is -3.16. The van der Waals surface area contributed by atoms with Gasteiger partial charge in [0.2, 0.25) is 11.9 Å². The zero-order chi connectivity index (χ0) is 19.5. The molecule has 0 saturated carbocycles. The fraction of sp³-hybridized carbons (Fsp3) is 0.400. The Hall–Kier alpha value is -3.00. The lowest BCUT2D eigenvalue weighted by molar-refractivity contribution is -0.892. The van der Waals surface area contributed by atoms with Crippen LogP contribution >= 0.6 is 0 Å². The molecule has 2 aliphatic rings. The highest BCUT2D eigenvalue weighted by atomic mass is 16.2. The molecule has 1 aromatic heterocycles. The van der Waals surface area contributed by atoms with Gasteiger partial charge in [-0.15, -0.1) is 0 Å². The van der Waals surface area contributed by atoms with E-state index in [1.807, 2.05) is 37.3 Å². The van der Waals surface area contributed by atoms with Crippen molar-refractivity contribution < 1.29 is 14.5 Å². The van der Waals surface area contributed by atoms with E-state index in [0.29, 0.717) is 18.7 Å². The van der Waals surface area contributed by atoms with E-state index in [4.69, 9.17) is 0 Å². The predicted molar refractivity (Wildman–Crippen MR) is 106 cm³/mol. The van der Waals surface area contributed by atoms with Crippen molar-refractivity contribution in [3.05, 3.63) is 42.7 Å². The number of fused-ring (bicyclic) bond motifs is 1. The fourth-order valence-electron chi connectivity index (χ4n) is 3.92. The minimum atomic E-state index is -0.172. The van der Waals surface area contributed by atoms with Gasteiger partial charge in [-0.25, -0.2) is 9.97 Å². The first-order chi connectivity index (χ1) is 13.6. The molecule has 2 aromatic rings. The molecular formula is C20H25N6O2+. The largest absolute Gasteiger partial charge is 0.330 e. The van der Waals surface area contributed by atoms with Crippen molar-refractivity contribution in [1.82, 2.24) is 9.97 Å². The Balaban J connectivity index is 1.43. The van der Waals surface area contributed by atoms with Crippen LogP contribution in [-0.2, 0) is 9.59 Å². The average molecular weight is 381 g/mol. The first-order valence-electron chi connectivity index (χ1n) is 9.68. The van der Waals surface area contributed by atoms with Crippen molar-refractivity contribution in [2.24, 2.45) is 0 Å². The van der Waals surface area contributed by atoms with Crippen LogP contribution in [0.25, 0.3) is 0 Å². The lowest BCUT2D eigenvalue weighted by Gasteiger charge is -2.34. The first-order valence-corrected chi connectivity index (χ1v) is 9.68. The fourth-order valence-corrected chi connectivity index (χ4v) is 3.92. The highest BCUT2D eigenvalue weighted by Gasteiger charge is 2.32. The Kier molecular flexibility index (Phi) is 5.21. The third-order valence-electron chi connectivity index (χ3n) is 5.33. The Labute approximate surface area is 164 Å². The Bertz CT molecular complexity index is 851. The maximum absolute atomic E-state index is 13.2. The second-order valence-electron chi connectivity index (χ2n) is 7.34. The van der Waals surface area contributed by atoms with Crippen molar-refractivity contribution in [2.45, 2.75) is 19.4 Å². The van der Waals surface area contributed by atoms with Crippen LogP contribution in [0.5, 0.6) is 0 Å². The lowest BCUT2D eigenvalue weighted by atomic mass is 10.1. The molecule has 0 bridgehead atoms. The third-order valence-corrected chi connectivity index (χ3v) is 5.33. The SMILES string of the molecule is C[C@H]1CC(=O)Nc2ccccc2N1C(=O)C[NH+]1CCN(c2ncccn2)CC1. The molecule has 1 atom stereocenters. The van der Waals surface area contributed by atoms with Gasteiger partial charge in [-0.1, -0.05) is 12.1 Å². The zero-order valence-corrected chi connectivity index (χ0v) is 16.0. The van der Waals surface area contributed by atoms with Crippen LogP contribution in [0.3, 0.4) is 0 Å². The Morgan fingerprint density at radius 2 is 1.89 bits per heavy atom. The smallest absolute Gasteiger partial charge is 0.282 e. The first kappa shape index (κ1) is 18.4. The zero-order valence-electron chi connectivity index (χ0n) is 16.0. The molecule has 28 heavy (non-hydrogen) atoms. The van der Waals surface area contributed by atoms with E-state index in [9.17, 15) is 9.59 Å². The molecule has 4 rings (SSSR count). The second kappa shape index (κ2) is 7.93. The number of benzene rings is 1. The van der Waals surface area contributed by atoms with Crippen LogP contribution in [0.15, 0.2) is 42.7 Å². The van der Waals surface area contributed by atoms with E-state index >= 15 is 0 Å². The molecule has 2 N–H and O–H groups in total. The number of carbonyl (C=O) groups is 2. The number of carbonyl (C=O) groups excluding carboxylic acids is 2. The van der Waals surface area contributed by atoms with Gasteiger partial charge in [-0.2, -0.15) is 0 Å². The number of piperazine rings is 1. The van der Waals surface area contributed by atoms with E-state index in [1.54, 1.807) is 17.3 Å². The Morgan fingerprint density at radius 1 is 1.18 bits per heavy atom. The molecular weight excluding hydrogens is 356 g/mol. The summed E-state index contributed by atoms with van der Waals surface area (Å²) in [6.45, 7) is 5.68. The number of anilines is 3.